The zero-order valence-corrected chi connectivity index (χ0v) is 16.9. The van der Waals surface area contributed by atoms with Crippen LogP contribution in [0.2, 0.25) is 5.02 Å². The minimum atomic E-state index is -0.827. The molecule has 0 fully saturated rings. The van der Waals surface area contributed by atoms with Crippen molar-refractivity contribution in [1.29, 1.82) is 0 Å². The van der Waals surface area contributed by atoms with Gasteiger partial charge in [-0.2, -0.15) is 5.10 Å². The molecule has 0 spiro atoms. The van der Waals surface area contributed by atoms with Crippen molar-refractivity contribution in [2.75, 3.05) is 0 Å². The van der Waals surface area contributed by atoms with Crippen LogP contribution in [0.25, 0.3) is 5.69 Å². The van der Waals surface area contributed by atoms with E-state index in [-0.39, 0.29) is 6.54 Å². The normalized spacial score (nSPS) is 10.9. The molecule has 3 rings (SSSR count). The van der Waals surface area contributed by atoms with Crippen molar-refractivity contribution in [2.45, 2.75) is 20.4 Å². The summed E-state index contributed by atoms with van der Waals surface area (Å²) in [4.78, 5) is 23.8. The summed E-state index contributed by atoms with van der Waals surface area (Å²) in [6, 6.07) is 18.9. The van der Waals surface area contributed by atoms with Gasteiger partial charge in [0.1, 0.15) is 0 Å². The van der Waals surface area contributed by atoms with Crippen LogP contribution in [0.15, 0.2) is 65.8 Å². The zero-order chi connectivity index (χ0) is 20.8. The molecule has 1 heterocycles. The van der Waals surface area contributed by atoms with E-state index < -0.39 is 11.8 Å². The average molecular weight is 409 g/mol. The summed E-state index contributed by atoms with van der Waals surface area (Å²) in [7, 11) is 0. The topological polar surface area (TPSA) is 75.5 Å². The van der Waals surface area contributed by atoms with Crippen LogP contribution in [0, 0.1) is 13.8 Å². The van der Waals surface area contributed by atoms with Crippen LogP contribution in [0.4, 0.5) is 0 Å². The van der Waals surface area contributed by atoms with Gasteiger partial charge in [-0.1, -0.05) is 41.9 Å². The first-order chi connectivity index (χ1) is 14.0. The first-order valence-electron chi connectivity index (χ1n) is 9.06. The van der Waals surface area contributed by atoms with Crippen LogP contribution < -0.4 is 10.7 Å². The lowest BCUT2D eigenvalue weighted by Crippen LogP contribution is -2.37. The predicted octanol–water partition coefficient (Wildman–Crippen LogP) is 3.51. The van der Waals surface area contributed by atoms with Gasteiger partial charge >= 0.3 is 11.8 Å². The number of para-hydroxylation sites is 1. The Hall–Kier alpha value is -3.38. The summed E-state index contributed by atoms with van der Waals surface area (Å²) in [6.07, 6.45) is 1.53. The number of amides is 2. The fourth-order valence-corrected chi connectivity index (χ4v) is 3.09. The van der Waals surface area contributed by atoms with Crippen molar-refractivity contribution in [3.8, 4) is 5.69 Å². The fourth-order valence-electron chi connectivity index (χ4n) is 2.97. The molecule has 0 atom stereocenters. The van der Waals surface area contributed by atoms with E-state index in [2.05, 4.69) is 20.4 Å². The van der Waals surface area contributed by atoms with Gasteiger partial charge in [-0.3, -0.25) is 9.59 Å². The minimum Gasteiger partial charge on any atom is -0.344 e. The van der Waals surface area contributed by atoms with Crippen LogP contribution in [0.5, 0.6) is 0 Å². The van der Waals surface area contributed by atoms with Crippen LogP contribution in [-0.2, 0) is 16.1 Å². The summed E-state index contributed by atoms with van der Waals surface area (Å²) in [5.74, 6) is -1.58. The number of nitrogens with one attached hydrogen (secondary N) is 2. The van der Waals surface area contributed by atoms with E-state index in [0.717, 1.165) is 28.2 Å². The van der Waals surface area contributed by atoms with E-state index in [9.17, 15) is 9.59 Å². The highest BCUT2D eigenvalue weighted by Crippen LogP contribution is 2.19. The molecular formula is C22H21ClN4O2. The monoisotopic (exact) mass is 408 g/mol. The van der Waals surface area contributed by atoms with E-state index in [0.29, 0.717) is 5.02 Å². The van der Waals surface area contributed by atoms with Crippen LogP contribution in [-0.4, -0.2) is 22.6 Å². The Morgan fingerprint density at radius 3 is 2.41 bits per heavy atom. The number of hydrogen-bond donors (Lipinski definition) is 2. The van der Waals surface area contributed by atoms with Crippen LogP contribution >= 0.6 is 11.6 Å². The summed E-state index contributed by atoms with van der Waals surface area (Å²) in [5.41, 5.74) is 7.03. The molecule has 2 amide bonds. The van der Waals surface area contributed by atoms with Crippen molar-refractivity contribution in [3.05, 3.63) is 88.2 Å². The molecule has 0 saturated heterocycles. The number of hydrogen-bond acceptors (Lipinski definition) is 3. The molecule has 2 N–H and O–H groups in total. The third-order valence-corrected chi connectivity index (χ3v) is 4.68. The molecule has 0 aliphatic heterocycles. The molecule has 29 heavy (non-hydrogen) atoms. The Morgan fingerprint density at radius 2 is 1.72 bits per heavy atom. The Morgan fingerprint density at radius 1 is 1.03 bits per heavy atom. The lowest BCUT2D eigenvalue weighted by molar-refractivity contribution is -0.139. The first-order valence-corrected chi connectivity index (χ1v) is 9.43. The van der Waals surface area contributed by atoms with Crippen molar-refractivity contribution in [2.24, 2.45) is 5.10 Å². The van der Waals surface area contributed by atoms with Crippen molar-refractivity contribution in [3.63, 3.8) is 0 Å². The van der Waals surface area contributed by atoms with Gasteiger partial charge in [-0.15, -0.1) is 0 Å². The highest BCUT2D eigenvalue weighted by atomic mass is 35.5. The summed E-state index contributed by atoms with van der Waals surface area (Å²) >= 11 is 5.82. The Labute approximate surface area is 174 Å². The van der Waals surface area contributed by atoms with E-state index in [1.807, 2.05) is 50.2 Å². The lowest BCUT2D eigenvalue weighted by Gasteiger charge is -2.09. The maximum Gasteiger partial charge on any atom is 0.329 e. The SMILES string of the molecule is Cc1cc(/C=N\NC(=O)C(=O)NCc2ccc(Cl)cc2)c(C)n1-c1ccccc1. The first kappa shape index (κ1) is 20.4. The maximum atomic E-state index is 11.9. The number of aromatic nitrogens is 1. The number of carbonyl (C=O) groups is 2. The van der Waals surface area contributed by atoms with Gasteiger partial charge in [0.05, 0.1) is 6.21 Å². The Kier molecular flexibility index (Phi) is 6.46. The molecule has 6 nitrogen and oxygen atoms in total. The molecule has 1 aromatic heterocycles. The number of hydrazone groups is 1. The quantitative estimate of drug-likeness (QED) is 0.385. The molecule has 148 valence electrons. The van der Waals surface area contributed by atoms with Gasteiger partial charge in [-0.05, 0) is 49.7 Å². The molecule has 7 heteroatoms. The number of aryl methyl sites for hydroxylation is 1. The van der Waals surface area contributed by atoms with Crippen molar-refractivity contribution in [1.82, 2.24) is 15.3 Å². The van der Waals surface area contributed by atoms with E-state index in [4.69, 9.17) is 11.6 Å². The summed E-state index contributed by atoms with van der Waals surface area (Å²) in [5, 5.41) is 7.07. The van der Waals surface area contributed by atoms with Gasteiger partial charge in [0.2, 0.25) is 0 Å². The van der Waals surface area contributed by atoms with E-state index in [1.54, 1.807) is 24.3 Å². The smallest absolute Gasteiger partial charge is 0.329 e. The summed E-state index contributed by atoms with van der Waals surface area (Å²) < 4.78 is 2.10. The highest BCUT2D eigenvalue weighted by Gasteiger charge is 2.13. The molecule has 0 unspecified atom stereocenters. The molecule has 0 aliphatic rings. The lowest BCUT2D eigenvalue weighted by atomic mass is 10.2. The van der Waals surface area contributed by atoms with Crippen LogP contribution in [0.3, 0.4) is 0 Å². The fraction of sp³-hybridized carbons (Fsp3) is 0.136. The number of rotatable bonds is 5. The zero-order valence-electron chi connectivity index (χ0n) is 16.1. The largest absolute Gasteiger partial charge is 0.344 e. The van der Waals surface area contributed by atoms with Gasteiger partial charge in [0.15, 0.2) is 0 Å². The third kappa shape index (κ3) is 5.12. The average Bonchev–Trinajstić information content (AvgIpc) is 3.01. The van der Waals surface area contributed by atoms with E-state index >= 15 is 0 Å². The second-order valence-corrected chi connectivity index (χ2v) is 6.94. The maximum absolute atomic E-state index is 11.9. The molecule has 0 radical (unpaired) electrons. The Bertz CT molecular complexity index is 1040. The molecule has 0 bridgehead atoms. The predicted molar refractivity (Wildman–Crippen MR) is 114 cm³/mol. The molecular weight excluding hydrogens is 388 g/mol. The Balaban J connectivity index is 1.58. The molecule has 0 aliphatic carbocycles. The van der Waals surface area contributed by atoms with Crippen LogP contribution in [0.1, 0.15) is 22.5 Å². The third-order valence-electron chi connectivity index (χ3n) is 4.43. The number of halogens is 1. The van der Waals surface area contributed by atoms with Crippen molar-refractivity contribution >= 4 is 29.6 Å². The van der Waals surface area contributed by atoms with Gasteiger partial charge in [-0.25, -0.2) is 5.43 Å². The molecule has 3 aromatic rings. The number of benzene rings is 2. The molecule has 2 aromatic carbocycles. The number of carbonyl (C=O) groups excluding carboxylic acids is 2. The van der Waals surface area contributed by atoms with Gasteiger partial charge < -0.3 is 9.88 Å². The van der Waals surface area contributed by atoms with E-state index in [1.165, 1.54) is 6.21 Å². The standard InChI is InChI=1S/C22H21ClN4O2/c1-15-12-18(16(2)27(15)20-6-4-3-5-7-20)14-25-26-22(29)21(28)24-13-17-8-10-19(23)11-9-17/h3-12,14H,13H2,1-2H3,(H,24,28)(H,26,29)/b25-14-. The minimum absolute atomic E-state index is 0.228. The number of nitrogens with zero attached hydrogens (tertiary/aromatic N) is 2. The second kappa shape index (κ2) is 9.21. The molecule has 0 saturated carbocycles. The van der Waals surface area contributed by atoms with Gasteiger partial charge in [0.25, 0.3) is 0 Å². The summed E-state index contributed by atoms with van der Waals surface area (Å²) in [6.45, 7) is 4.20. The van der Waals surface area contributed by atoms with Crippen molar-refractivity contribution < 1.29 is 9.59 Å². The second-order valence-electron chi connectivity index (χ2n) is 6.51. The highest BCUT2D eigenvalue weighted by molar-refractivity contribution is 6.35. The van der Waals surface area contributed by atoms with Gasteiger partial charge in [0, 0.05) is 34.2 Å².